The number of nitrogens with zero attached hydrogens (tertiary/aromatic N) is 1. The lowest BCUT2D eigenvalue weighted by Crippen LogP contribution is -2.32. The summed E-state index contributed by atoms with van der Waals surface area (Å²) in [5, 5.41) is 6.90. The largest absolute Gasteiger partial charge is 0.484 e. The van der Waals surface area contributed by atoms with Gasteiger partial charge in [-0.2, -0.15) is 5.10 Å². The summed E-state index contributed by atoms with van der Waals surface area (Å²) in [6, 6.07) is 11.0. The summed E-state index contributed by atoms with van der Waals surface area (Å²) in [6.07, 6.45) is 0. The Balaban J connectivity index is 1.94. The van der Waals surface area contributed by atoms with Gasteiger partial charge in [-0.05, 0) is 55.0 Å². The molecule has 8 nitrogen and oxygen atoms in total. The molecular weight excluding hydrogens is 407 g/mol. The third-order valence-corrected chi connectivity index (χ3v) is 3.74. The third-order valence-electron chi connectivity index (χ3n) is 3.30. The van der Waals surface area contributed by atoms with Crippen molar-refractivity contribution in [3.63, 3.8) is 0 Å². The van der Waals surface area contributed by atoms with Crippen LogP contribution in [0.15, 0.2) is 47.6 Å². The highest BCUT2D eigenvalue weighted by molar-refractivity contribution is 6.40. The van der Waals surface area contributed by atoms with E-state index in [1.807, 2.05) is 0 Å². The molecule has 0 radical (unpaired) electrons. The monoisotopic (exact) mass is 422 g/mol. The van der Waals surface area contributed by atoms with Crippen LogP contribution in [0.3, 0.4) is 0 Å². The molecular formula is C18H16Cl2N4O4. The van der Waals surface area contributed by atoms with Gasteiger partial charge in [0, 0.05) is 15.7 Å². The second-order valence-corrected chi connectivity index (χ2v) is 6.40. The first-order valence-electron chi connectivity index (χ1n) is 7.88. The van der Waals surface area contributed by atoms with Gasteiger partial charge in [-0.3, -0.25) is 14.4 Å². The van der Waals surface area contributed by atoms with Gasteiger partial charge in [0.15, 0.2) is 6.61 Å². The number of carbonyl (C=O) groups excluding carboxylic acids is 3. The van der Waals surface area contributed by atoms with Crippen molar-refractivity contribution in [3.05, 3.63) is 58.1 Å². The number of primary amides is 1. The maximum absolute atomic E-state index is 11.9. The van der Waals surface area contributed by atoms with Crippen LogP contribution in [0.4, 0.5) is 5.69 Å². The van der Waals surface area contributed by atoms with Crippen molar-refractivity contribution in [2.24, 2.45) is 10.8 Å². The van der Waals surface area contributed by atoms with Gasteiger partial charge in [0.05, 0.1) is 5.71 Å². The van der Waals surface area contributed by atoms with Crippen LogP contribution in [0.25, 0.3) is 0 Å². The Morgan fingerprint density at radius 2 is 1.64 bits per heavy atom. The predicted molar refractivity (Wildman–Crippen MR) is 107 cm³/mol. The minimum absolute atomic E-state index is 0.227. The zero-order valence-electron chi connectivity index (χ0n) is 14.7. The van der Waals surface area contributed by atoms with Crippen LogP contribution in [-0.4, -0.2) is 30.0 Å². The molecule has 3 amide bonds. The second kappa shape index (κ2) is 9.72. The quantitative estimate of drug-likeness (QED) is 0.375. The van der Waals surface area contributed by atoms with Crippen molar-refractivity contribution in [3.8, 4) is 5.75 Å². The van der Waals surface area contributed by atoms with Gasteiger partial charge in [0.2, 0.25) is 0 Å². The first kappa shape index (κ1) is 21.2. The molecule has 2 aromatic carbocycles. The van der Waals surface area contributed by atoms with Crippen molar-refractivity contribution < 1.29 is 19.1 Å². The number of benzene rings is 2. The van der Waals surface area contributed by atoms with E-state index in [0.29, 0.717) is 27.1 Å². The summed E-state index contributed by atoms with van der Waals surface area (Å²) in [4.78, 5) is 34.5. The van der Waals surface area contributed by atoms with Gasteiger partial charge >= 0.3 is 11.8 Å². The minimum atomic E-state index is -0.961. The Bertz CT molecular complexity index is 909. The number of halogens is 2. The number of rotatable bonds is 6. The molecule has 0 saturated carbocycles. The van der Waals surface area contributed by atoms with E-state index in [9.17, 15) is 14.4 Å². The fourth-order valence-electron chi connectivity index (χ4n) is 2.01. The molecule has 28 heavy (non-hydrogen) atoms. The number of hydrogen-bond acceptors (Lipinski definition) is 5. The van der Waals surface area contributed by atoms with E-state index in [-0.39, 0.29) is 12.3 Å². The number of hydrazone groups is 1. The van der Waals surface area contributed by atoms with Gasteiger partial charge in [0.1, 0.15) is 5.75 Å². The lowest BCUT2D eigenvalue weighted by atomic mass is 10.1. The maximum Gasteiger partial charge on any atom is 0.329 e. The number of ether oxygens (including phenoxy) is 1. The van der Waals surface area contributed by atoms with Crippen LogP contribution >= 0.6 is 23.2 Å². The summed E-state index contributed by atoms with van der Waals surface area (Å²) in [7, 11) is 0. The Hall–Kier alpha value is -3.10. The van der Waals surface area contributed by atoms with E-state index in [2.05, 4.69) is 15.8 Å². The molecule has 10 heteroatoms. The van der Waals surface area contributed by atoms with E-state index in [4.69, 9.17) is 33.7 Å². The number of anilines is 1. The van der Waals surface area contributed by atoms with Gasteiger partial charge < -0.3 is 15.8 Å². The third kappa shape index (κ3) is 6.57. The highest BCUT2D eigenvalue weighted by Crippen LogP contribution is 2.22. The van der Waals surface area contributed by atoms with Crippen molar-refractivity contribution in [2.45, 2.75) is 6.92 Å². The molecule has 0 aromatic heterocycles. The Morgan fingerprint density at radius 1 is 1.04 bits per heavy atom. The van der Waals surface area contributed by atoms with Crippen LogP contribution in [0, 0.1) is 0 Å². The number of hydrogen-bond donors (Lipinski definition) is 3. The molecule has 2 rings (SSSR count). The van der Waals surface area contributed by atoms with E-state index in [0.717, 1.165) is 0 Å². The van der Waals surface area contributed by atoms with Gasteiger partial charge in [-0.1, -0.05) is 23.2 Å². The number of nitrogens with one attached hydrogen (secondary N) is 2. The molecule has 0 atom stereocenters. The standard InChI is InChI=1S/C18H16Cl2N4O4/c1-10(11-2-4-15(5-3-11)28-9-16(21)25)23-24-18(27)17(26)22-14-7-12(19)6-13(20)8-14/h2-8H,9H2,1H3,(H2,21,25)(H,22,26)(H,24,27). The Labute approximate surface area is 170 Å². The lowest BCUT2D eigenvalue weighted by molar-refractivity contribution is -0.136. The molecule has 4 N–H and O–H groups in total. The predicted octanol–water partition coefficient (Wildman–Crippen LogP) is 2.34. The van der Waals surface area contributed by atoms with Crippen molar-refractivity contribution >= 4 is 52.3 Å². The SMILES string of the molecule is CC(=NNC(=O)C(=O)Nc1cc(Cl)cc(Cl)c1)c1ccc(OCC(N)=O)cc1. The summed E-state index contributed by atoms with van der Waals surface area (Å²) in [5.41, 5.74) is 8.58. The lowest BCUT2D eigenvalue weighted by Gasteiger charge is -2.07. The minimum Gasteiger partial charge on any atom is -0.484 e. The summed E-state index contributed by atoms with van der Waals surface area (Å²) >= 11 is 11.7. The van der Waals surface area contributed by atoms with Crippen LogP contribution in [0.2, 0.25) is 10.0 Å². The molecule has 2 aromatic rings. The second-order valence-electron chi connectivity index (χ2n) is 5.53. The van der Waals surface area contributed by atoms with Crippen LogP contribution < -0.4 is 21.2 Å². The topological polar surface area (TPSA) is 123 Å². The Kier molecular flexibility index (Phi) is 7.36. The summed E-state index contributed by atoms with van der Waals surface area (Å²) in [6.45, 7) is 1.42. The van der Waals surface area contributed by atoms with Crippen molar-refractivity contribution in [2.75, 3.05) is 11.9 Å². The average Bonchev–Trinajstić information content (AvgIpc) is 2.63. The summed E-state index contributed by atoms with van der Waals surface area (Å²) in [5.74, 6) is -2.01. The molecule has 0 spiro atoms. The fraction of sp³-hybridized carbons (Fsp3) is 0.111. The van der Waals surface area contributed by atoms with Crippen LogP contribution in [0.1, 0.15) is 12.5 Å². The van der Waals surface area contributed by atoms with Crippen molar-refractivity contribution in [1.29, 1.82) is 0 Å². The molecule has 0 heterocycles. The van der Waals surface area contributed by atoms with Gasteiger partial charge in [-0.25, -0.2) is 5.43 Å². The molecule has 0 aliphatic heterocycles. The average molecular weight is 423 g/mol. The highest BCUT2D eigenvalue weighted by atomic mass is 35.5. The number of carbonyl (C=O) groups is 3. The molecule has 0 bridgehead atoms. The molecule has 0 fully saturated rings. The smallest absolute Gasteiger partial charge is 0.329 e. The van der Waals surface area contributed by atoms with E-state index >= 15 is 0 Å². The summed E-state index contributed by atoms with van der Waals surface area (Å²) < 4.78 is 5.15. The maximum atomic E-state index is 11.9. The first-order chi connectivity index (χ1) is 13.2. The number of nitrogens with two attached hydrogens (primary N) is 1. The zero-order valence-corrected chi connectivity index (χ0v) is 16.2. The van der Waals surface area contributed by atoms with Crippen LogP contribution in [-0.2, 0) is 14.4 Å². The zero-order chi connectivity index (χ0) is 20.7. The fourth-order valence-corrected chi connectivity index (χ4v) is 2.54. The van der Waals surface area contributed by atoms with Crippen LogP contribution in [0.5, 0.6) is 5.75 Å². The molecule has 0 aliphatic carbocycles. The Morgan fingerprint density at radius 3 is 2.21 bits per heavy atom. The van der Waals surface area contributed by atoms with E-state index in [1.165, 1.54) is 18.2 Å². The molecule has 146 valence electrons. The highest BCUT2D eigenvalue weighted by Gasteiger charge is 2.14. The molecule has 0 saturated heterocycles. The van der Waals surface area contributed by atoms with Gasteiger partial charge in [0.25, 0.3) is 5.91 Å². The van der Waals surface area contributed by atoms with E-state index in [1.54, 1.807) is 31.2 Å². The van der Waals surface area contributed by atoms with E-state index < -0.39 is 17.7 Å². The first-order valence-corrected chi connectivity index (χ1v) is 8.63. The number of amides is 3. The van der Waals surface area contributed by atoms with Gasteiger partial charge in [-0.15, -0.1) is 0 Å². The normalized spacial score (nSPS) is 10.9. The van der Waals surface area contributed by atoms with Crippen molar-refractivity contribution in [1.82, 2.24) is 5.43 Å². The molecule has 0 aliphatic rings. The molecule has 0 unspecified atom stereocenters.